The number of likely N-dealkylation sites (N-methyl/N-ethyl adjacent to an activating group) is 1. The van der Waals surface area contributed by atoms with Gasteiger partial charge in [-0.15, -0.1) is 0 Å². The zero-order valence-corrected chi connectivity index (χ0v) is 19.3. The second-order valence-corrected chi connectivity index (χ2v) is 8.37. The Bertz CT molecular complexity index is 1270. The van der Waals surface area contributed by atoms with Crippen LogP contribution in [0.5, 0.6) is 0 Å². The first kappa shape index (κ1) is 23.2. The van der Waals surface area contributed by atoms with Crippen LogP contribution in [0.4, 0.5) is 5.69 Å². The summed E-state index contributed by atoms with van der Waals surface area (Å²) in [4.78, 5) is 43.5. The van der Waals surface area contributed by atoms with Crippen LogP contribution in [0.25, 0.3) is 0 Å². The normalized spacial score (nSPS) is 15.2. The molecule has 0 saturated carbocycles. The molecule has 3 aromatic rings. The van der Waals surface area contributed by atoms with Gasteiger partial charge in [-0.1, -0.05) is 54.1 Å². The quantitative estimate of drug-likeness (QED) is 0.572. The van der Waals surface area contributed by atoms with Gasteiger partial charge in [0.25, 0.3) is 5.91 Å². The largest absolute Gasteiger partial charge is 0.366 e. The van der Waals surface area contributed by atoms with Crippen LogP contribution in [0.15, 0.2) is 77.8 Å². The number of hydrogen-bond acceptors (Lipinski definition) is 4. The Morgan fingerprint density at radius 2 is 1.71 bits per heavy atom. The number of aliphatic imine (C=N–C) groups is 1. The zero-order chi connectivity index (χ0) is 24.2. The molecule has 8 heteroatoms. The number of benzodiazepines with no additional fused rings is 1. The maximum Gasteiger partial charge on any atom is 0.272 e. The van der Waals surface area contributed by atoms with Crippen LogP contribution in [0, 0.1) is 0 Å². The van der Waals surface area contributed by atoms with Crippen molar-refractivity contribution in [2.75, 3.05) is 11.9 Å². The van der Waals surface area contributed by atoms with Gasteiger partial charge in [0.05, 0.1) is 11.4 Å². The Hall–Kier alpha value is -3.97. The number of anilines is 1. The number of nitrogens with zero attached hydrogens (tertiary/aromatic N) is 2. The lowest BCUT2D eigenvalue weighted by Crippen LogP contribution is -2.46. The van der Waals surface area contributed by atoms with Crippen LogP contribution in [-0.4, -0.2) is 36.6 Å². The van der Waals surface area contributed by atoms with Crippen molar-refractivity contribution >= 4 is 40.7 Å². The van der Waals surface area contributed by atoms with Crippen LogP contribution < -0.4 is 16.0 Å². The van der Waals surface area contributed by atoms with Gasteiger partial charge in [0, 0.05) is 35.2 Å². The smallest absolute Gasteiger partial charge is 0.272 e. The van der Waals surface area contributed by atoms with E-state index in [9.17, 15) is 14.4 Å². The lowest BCUT2D eigenvalue weighted by Gasteiger charge is -2.20. The third-order valence-corrected chi connectivity index (χ3v) is 5.89. The van der Waals surface area contributed by atoms with E-state index in [0.29, 0.717) is 34.0 Å². The Labute approximate surface area is 202 Å². The lowest BCUT2D eigenvalue weighted by atomic mass is 9.99. The number of benzene rings is 3. The molecule has 3 N–H and O–H groups in total. The molecular weight excluding hydrogens is 452 g/mol. The third kappa shape index (κ3) is 5.00. The van der Waals surface area contributed by atoms with Crippen molar-refractivity contribution in [1.29, 1.82) is 0 Å². The molecule has 3 aromatic carbocycles. The first-order valence-electron chi connectivity index (χ1n) is 10.7. The number of carbonyl (C=O) groups excluding carboxylic acids is 3. The molecule has 1 aliphatic heterocycles. The van der Waals surface area contributed by atoms with Crippen LogP contribution in [0.2, 0.25) is 5.02 Å². The highest BCUT2D eigenvalue weighted by molar-refractivity contribution is 6.30. The summed E-state index contributed by atoms with van der Waals surface area (Å²) in [5, 5.41) is 3.40. The van der Waals surface area contributed by atoms with Gasteiger partial charge in [-0.25, -0.2) is 4.99 Å². The van der Waals surface area contributed by atoms with Crippen molar-refractivity contribution in [1.82, 2.24) is 5.32 Å². The SMILES string of the molecule is CN1C(=O)[C@H](NC(=O)CCc2ccc(Cl)cc2)N=C(c2ccc(C(N)=O)cc2)c2ccccc21. The van der Waals surface area contributed by atoms with Crippen molar-refractivity contribution in [2.45, 2.75) is 19.0 Å². The molecule has 0 aromatic heterocycles. The number of nitrogens with two attached hydrogens (primary N) is 1. The van der Waals surface area contributed by atoms with Crippen molar-refractivity contribution < 1.29 is 14.4 Å². The van der Waals surface area contributed by atoms with Gasteiger partial charge in [-0.2, -0.15) is 0 Å². The number of nitrogens with one attached hydrogen (secondary N) is 1. The summed E-state index contributed by atoms with van der Waals surface area (Å²) in [5.41, 5.74) is 9.33. The van der Waals surface area contributed by atoms with Gasteiger partial charge in [0.1, 0.15) is 0 Å². The Balaban J connectivity index is 1.63. The van der Waals surface area contributed by atoms with E-state index >= 15 is 0 Å². The van der Waals surface area contributed by atoms with Crippen LogP contribution >= 0.6 is 11.6 Å². The topological polar surface area (TPSA) is 105 Å². The molecule has 172 valence electrons. The molecule has 34 heavy (non-hydrogen) atoms. The molecular formula is C26H23ClN4O3. The van der Waals surface area contributed by atoms with Crippen molar-refractivity contribution in [3.05, 3.63) is 100 Å². The van der Waals surface area contributed by atoms with E-state index in [4.69, 9.17) is 17.3 Å². The second kappa shape index (κ2) is 9.89. The summed E-state index contributed by atoms with van der Waals surface area (Å²) in [6.45, 7) is 0. The number of carbonyl (C=O) groups is 3. The number of halogens is 1. The minimum Gasteiger partial charge on any atom is -0.366 e. The van der Waals surface area contributed by atoms with E-state index in [1.165, 1.54) is 4.90 Å². The zero-order valence-electron chi connectivity index (χ0n) is 18.5. The van der Waals surface area contributed by atoms with Gasteiger partial charge in [0.15, 0.2) is 0 Å². The van der Waals surface area contributed by atoms with Crippen LogP contribution in [-0.2, 0) is 16.0 Å². The van der Waals surface area contributed by atoms with Gasteiger partial charge in [-0.05, 0) is 42.3 Å². The maximum absolute atomic E-state index is 13.2. The van der Waals surface area contributed by atoms with Gasteiger partial charge in [0.2, 0.25) is 18.0 Å². The van der Waals surface area contributed by atoms with E-state index in [-0.39, 0.29) is 18.2 Å². The molecule has 1 atom stereocenters. The number of rotatable bonds is 6. The standard InChI is InChI=1S/C26H23ClN4O3/c1-31-21-5-3-2-4-20(21)23(17-9-11-18(12-10-17)24(28)33)30-25(26(31)34)29-22(32)15-8-16-6-13-19(27)14-7-16/h2-7,9-14,25H,8,15H2,1H3,(H2,28,33)(H,29,32)/t25-/m1/s1. The summed E-state index contributed by atoms with van der Waals surface area (Å²) in [5.74, 6) is -1.17. The van der Waals surface area contributed by atoms with Gasteiger partial charge < -0.3 is 16.0 Å². The molecule has 0 fully saturated rings. The van der Waals surface area contributed by atoms with E-state index < -0.39 is 12.1 Å². The molecule has 3 amide bonds. The van der Waals surface area contributed by atoms with E-state index in [1.54, 1.807) is 43.4 Å². The molecule has 1 aliphatic rings. The Morgan fingerprint density at radius 1 is 1.03 bits per heavy atom. The highest BCUT2D eigenvalue weighted by atomic mass is 35.5. The number of amides is 3. The first-order chi connectivity index (χ1) is 16.3. The molecule has 0 spiro atoms. The minimum absolute atomic E-state index is 0.195. The number of para-hydroxylation sites is 1. The molecule has 0 radical (unpaired) electrons. The summed E-state index contributed by atoms with van der Waals surface area (Å²) in [6, 6.07) is 21.3. The molecule has 7 nitrogen and oxygen atoms in total. The van der Waals surface area contributed by atoms with E-state index in [2.05, 4.69) is 10.3 Å². The highest BCUT2D eigenvalue weighted by Gasteiger charge is 2.30. The maximum atomic E-state index is 13.2. The fourth-order valence-electron chi connectivity index (χ4n) is 3.77. The average molecular weight is 475 g/mol. The molecule has 0 aliphatic carbocycles. The molecule has 0 unspecified atom stereocenters. The lowest BCUT2D eigenvalue weighted by molar-refractivity contribution is -0.127. The monoisotopic (exact) mass is 474 g/mol. The second-order valence-electron chi connectivity index (χ2n) is 7.93. The van der Waals surface area contributed by atoms with Crippen LogP contribution in [0.1, 0.15) is 33.5 Å². The fraction of sp³-hybridized carbons (Fsp3) is 0.154. The third-order valence-electron chi connectivity index (χ3n) is 5.64. The molecule has 0 saturated heterocycles. The van der Waals surface area contributed by atoms with Crippen LogP contribution in [0.3, 0.4) is 0 Å². The predicted molar refractivity (Wildman–Crippen MR) is 132 cm³/mol. The molecule has 0 bridgehead atoms. The molecule has 4 rings (SSSR count). The van der Waals surface area contributed by atoms with Crippen molar-refractivity contribution in [3.63, 3.8) is 0 Å². The Kier molecular flexibility index (Phi) is 6.75. The summed E-state index contributed by atoms with van der Waals surface area (Å²) in [7, 11) is 1.66. The highest BCUT2D eigenvalue weighted by Crippen LogP contribution is 2.27. The van der Waals surface area contributed by atoms with Gasteiger partial charge in [-0.3, -0.25) is 14.4 Å². The van der Waals surface area contributed by atoms with Crippen molar-refractivity contribution in [2.24, 2.45) is 10.7 Å². The number of primary amides is 1. The van der Waals surface area contributed by atoms with E-state index in [1.807, 2.05) is 36.4 Å². The number of aryl methyl sites for hydroxylation is 1. The molecule has 1 heterocycles. The summed E-state index contributed by atoms with van der Waals surface area (Å²) < 4.78 is 0. The predicted octanol–water partition coefficient (Wildman–Crippen LogP) is 3.33. The number of hydrogen-bond donors (Lipinski definition) is 2. The first-order valence-corrected chi connectivity index (χ1v) is 11.1. The minimum atomic E-state index is -1.10. The van der Waals surface area contributed by atoms with Crippen molar-refractivity contribution in [3.8, 4) is 0 Å². The summed E-state index contributed by atoms with van der Waals surface area (Å²) in [6.07, 6.45) is -0.397. The average Bonchev–Trinajstić information content (AvgIpc) is 2.94. The van der Waals surface area contributed by atoms with Gasteiger partial charge >= 0.3 is 0 Å². The number of fused-ring (bicyclic) bond motifs is 1. The van der Waals surface area contributed by atoms with E-state index in [0.717, 1.165) is 11.1 Å². The summed E-state index contributed by atoms with van der Waals surface area (Å²) >= 11 is 5.92. The Morgan fingerprint density at radius 3 is 2.38 bits per heavy atom. The fourth-order valence-corrected chi connectivity index (χ4v) is 3.90.